The largest absolute Gasteiger partial charge is 0.398 e. The van der Waals surface area contributed by atoms with E-state index in [0.29, 0.717) is 21.4 Å². The lowest BCUT2D eigenvalue weighted by molar-refractivity contribution is 0.682. The molecule has 2 N–H and O–H groups in total. The Bertz CT molecular complexity index is 357. The van der Waals surface area contributed by atoms with Gasteiger partial charge in [-0.05, 0) is 36.6 Å². The zero-order valence-corrected chi connectivity index (χ0v) is 10.9. The van der Waals surface area contributed by atoms with Gasteiger partial charge in [-0.25, -0.2) is 0 Å². The first-order valence-electron chi connectivity index (χ1n) is 4.57. The van der Waals surface area contributed by atoms with Crippen LogP contribution < -0.4 is 5.73 Å². The minimum absolute atomic E-state index is 0.519. The first kappa shape index (κ1) is 12.9. The molecule has 15 heavy (non-hydrogen) atoms. The number of nitrogens with two attached hydrogens (primary N) is 1. The molecule has 84 valence electrons. The molecule has 0 heterocycles. The Morgan fingerprint density at radius 1 is 1.53 bits per heavy atom. The van der Waals surface area contributed by atoms with Crippen LogP contribution in [0.5, 0.6) is 0 Å². The van der Waals surface area contributed by atoms with Crippen LogP contribution in [-0.2, 0) is 10.8 Å². The highest BCUT2D eigenvalue weighted by Gasteiger charge is 2.07. The Kier molecular flexibility index (Phi) is 5.50. The lowest BCUT2D eigenvalue weighted by atomic mass is 10.3. The number of hydrogen-bond donors (Lipinski definition) is 1. The van der Waals surface area contributed by atoms with E-state index in [9.17, 15) is 4.21 Å². The molecule has 0 radical (unpaired) electrons. The fourth-order valence-corrected chi connectivity index (χ4v) is 3.14. The van der Waals surface area contributed by atoms with Crippen molar-refractivity contribution in [3.05, 3.63) is 23.2 Å². The quantitative estimate of drug-likeness (QED) is 0.656. The molecule has 0 saturated heterocycles. The van der Waals surface area contributed by atoms with E-state index < -0.39 is 10.8 Å². The molecule has 0 spiro atoms. The average Bonchev–Trinajstić information content (AvgIpc) is 2.17. The molecular formula is C10H14ClNOS2. The second-order valence-corrected chi connectivity index (χ2v) is 6.04. The average molecular weight is 264 g/mol. The molecule has 5 heteroatoms. The molecule has 0 aliphatic carbocycles. The summed E-state index contributed by atoms with van der Waals surface area (Å²) >= 11 is 7.52. The Morgan fingerprint density at radius 3 is 2.87 bits per heavy atom. The summed E-state index contributed by atoms with van der Waals surface area (Å²) in [5, 5.41) is 0.581. The molecule has 1 aromatic carbocycles. The summed E-state index contributed by atoms with van der Waals surface area (Å²) in [4.78, 5) is 0.695. The third-order valence-electron chi connectivity index (χ3n) is 1.90. The summed E-state index contributed by atoms with van der Waals surface area (Å²) in [6, 6.07) is 5.11. The Labute approximate surface area is 102 Å². The third kappa shape index (κ3) is 4.05. The van der Waals surface area contributed by atoms with Gasteiger partial charge in [-0.2, -0.15) is 11.8 Å². The van der Waals surface area contributed by atoms with Gasteiger partial charge in [-0.3, -0.25) is 4.21 Å². The maximum atomic E-state index is 11.8. The zero-order valence-electron chi connectivity index (χ0n) is 8.53. The number of halogens is 1. The fourth-order valence-electron chi connectivity index (χ4n) is 1.17. The van der Waals surface area contributed by atoms with Crippen LogP contribution in [0.2, 0.25) is 5.02 Å². The van der Waals surface area contributed by atoms with Crippen molar-refractivity contribution in [1.82, 2.24) is 0 Å². The highest BCUT2D eigenvalue weighted by Crippen LogP contribution is 2.21. The van der Waals surface area contributed by atoms with Crippen molar-refractivity contribution in [1.29, 1.82) is 0 Å². The zero-order chi connectivity index (χ0) is 11.3. The van der Waals surface area contributed by atoms with Crippen LogP contribution >= 0.6 is 23.4 Å². The molecule has 0 saturated carbocycles. The molecule has 1 aromatic rings. The van der Waals surface area contributed by atoms with Crippen molar-refractivity contribution >= 4 is 39.8 Å². The van der Waals surface area contributed by atoms with Crippen LogP contribution in [-0.4, -0.2) is 22.0 Å². The highest BCUT2D eigenvalue weighted by molar-refractivity contribution is 7.98. The summed E-state index contributed by atoms with van der Waals surface area (Å²) in [5.41, 5.74) is 6.26. The van der Waals surface area contributed by atoms with Crippen molar-refractivity contribution in [2.75, 3.05) is 23.5 Å². The van der Waals surface area contributed by atoms with Crippen molar-refractivity contribution in [3.63, 3.8) is 0 Å². The molecule has 0 bridgehead atoms. The molecule has 1 atom stereocenters. The highest BCUT2D eigenvalue weighted by atomic mass is 35.5. The van der Waals surface area contributed by atoms with E-state index in [1.165, 1.54) is 0 Å². The summed E-state index contributed by atoms with van der Waals surface area (Å²) in [6.45, 7) is 0. The molecule has 1 unspecified atom stereocenters. The van der Waals surface area contributed by atoms with Crippen LogP contribution in [0.25, 0.3) is 0 Å². The van der Waals surface area contributed by atoms with Gasteiger partial charge in [0.05, 0.1) is 15.7 Å². The standard InChI is InChI=1S/C10H14ClNOS2/c1-14-5-2-6-15(13)10-4-3-8(11)7-9(10)12/h3-4,7H,2,5-6,12H2,1H3. The van der Waals surface area contributed by atoms with E-state index in [1.54, 1.807) is 30.0 Å². The molecule has 0 aliphatic rings. The van der Waals surface area contributed by atoms with E-state index in [2.05, 4.69) is 0 Å². The number of rotatable bonds is 5. The fraction of sp³-hybridized carbons (Fsp3) is 0.400. The van der Waals surface area contributed by atoms with E-state index in [0.717, 1.165) is 12.2 Å². The van der Waals surface area contributed by atoms with Crippen LogP contribution in [0.15, 0.2) is 23.1 Å². The van der Waals surface area contributed by atoms with Crippen LogP contribution in [0.4, 0.5) is 5.69 Å². The lowest BCUT2D eigenvalue weighted by Gasteiger charge is -2.05. The van der Waals surface area contributed by atoms with Gasteiger partial charge < -0.3 is 5.73 Å². The second-order valence-electron chi connectivity index (χ2n) is 3.08. The van der Waals surface area contributed by atoms with Gasteiger partial charge in [0.15, 0.2) is 0 Å². The smallest absolute Gasteiger partial charge is 0.0618 e. The van der Waals surface area contributed by atoms with Crippen molar-refractivity contribution in [3.8, 4) is 0 Å². The second kappa shape index (κ2) is 6.40. The molecule has 1 rings (SSSR count). The van der Waals surface area contributed by atoms with Gasteiger partial charge in [-0.15, -0.1) is 0 Å². The molecule has 0 aromatic heterocycles. The maximum Gasteiger partial charge on any atom is 0.0618 e. The van der Waals surface area contributed by atoms with E-state index in [4.69, 9.17) is 17.3 Å². The molecular weight excluding hydrogens is 250 g/mol. The van der Waals surface area contributed by atoms with Gasteiger partial charge >= 0.3 is 0 Å². The first-order chi connectivity index (χ1) is 7.15. The Morgan fingerprint density at radius 2 is 2.27 bits per heavy atom. The first-order valence-corrected chi connectivity index (χ1v) is 7.66. The van der Waals surface area contributed by atoms with Crippen LogP contribution in [0.3, 0.4) is 0 Å². The van der Waals surface area contributed by atoms with Crippen molar-refractivity contribution in [2.45, 2.75) is 11.3 Å². The lowest BCUT2D eigenvalue weighted by Crippen LogP contribution is -2.02. The van der Waals surface area contributed by atoms with Gasteiger partial charge in [-0.1, -0.05) is 11.6 Å². The Balaban J connectivity index is 2.65. The number of nitrogen functional groups attached to an aromatic ring is 1. The van der Waals surface area contributed by atoms with Crippen LogP contribution in [0.1, 0.15) is 6.42 Å². The maximum absolute atomic E-state index is 11.8. The van der Waals surface area contributed by atoms with E-state index in [1.807, 2.05) is 6.26 Å². The summed E-state index contributed by atoms with van der Waals surface area (Å²) in [5.74, 6) is 1.69. The minimum Gasteiger partial charge on any atom is -0.398 e. The normalized spacial score (nSPS) is 12.7. The topological polar surface area (TPSA) is 43.1 Å². The molecule has 2 nitrogen and oxygen atoms in total. The summed E-state index contributed by atoms with van der Waals surface area (Å²) < 4.78 is 11.8. The van der Waals surface area contributed by atoms with E-state index in [-0.39, 0.29) is 0 Å². The third-order valence-corrected chi connectivity index (χ3v) is 4.35. The summed E-state index contributed by atoms with van der Waals surface area (Å²) in [7, 11) is -1.00. The number of hydrogen-bond acceptors (Lipinski definition) is 3. The van der Waals surface area contributed by atoms with Crippen molar-refractivity contribution < 1.29 is 4.21 Å². The SMILES string of the molecule is CSCCCS(=O)c1ccc(Cl)cc1N. The van der Waals surface area contributed by atoms with Crippen LogP contribution in [0, 0.1) is 0 Å². The van der Waals surface area contributed by atoms with Crippen molar-refractivity contribution in [2.24, 2.45) is 0 Å². The number of anilines is 1. The van der Waals surface area contributed by atoms with Gasteiger partial charge in [0.2, 0.25) is 0 Å². The molecule has 0 fully saturated rings. The predicted molar refractivity (Wildman–Crippen MR) is 70.1 cm³/mol. The van der Waals surface area contributed by atoms with Gasteiger partial charge in [0, 0.05) is 16.5 Å². The predicted octanol–water partition coefficient (Wildman–Crippen LogP) is 2.78. The number of benzene rings is 1. The van der Waals surface area contributed by atoms with Gasteiger partial charge in [0.1, 0.15) is 0 Å². The molecule has 0 amide bonds. The molecule has 0 aliphatic heterocycles. The summed E-state index contributed by atoms with van der Waals surface area (Å²) in [6.07, 6.45) is 2.98. The minimum atomic E-state index is -1.00. The Hall–Kier alpha value is -0.190. The van der Waals surface area contributed by atoms with Gasteiger partial charge in [0.25, 0.3) is 0 Å². The monoisotopic (exact) mass is 263 g/mol. The van der Waals surface area contributed by atoms with E-state index >= 15 is 0 Å². The number of thioether (sulfide) groups is 1.